The number of hydrogen-bond donors (Lipinski definition) is 0. The Hall–Kier alpha value is -2.40. The zero-order chi connectivity index (χ0) is 16.9. The second kappa shape index (κ2) is 7.45. The van der Waals surface area contributed by atoms with Gasteiger partial charge in [-0.15, -0.1) is 5.10 Å². The van der Waals surface area contributed by atoms with E-state index >= 15 is 0 Å². The predicted octanol–water partition coefficient (Wildman–Crippen LogP) is 2.44. The summed E-state index contributed by atoms with van der Waals surface area (Å²) in [5.74, 6) is -0.0493. The number of benzene rings is 1. The van der Waals surface area contributed by atoms with Crippen molar-refractivity contribution in [2.45, 2.75) is 42.6 Å². The van der Waals surface area contributed by atoms with Crippen LogP contribution in [0.5, 0.6) is 0 Å². The summed E-state index contributed by atoms with van der Waals surface area (Å²) in [7, 11) is 0. The van der Waals surface area contributed by atoms with Gasteiger partial charge in [0.15, 0.2) is 0 Å². The zero-order valence-electron chi connectivity index (χ0n) is 13.4. The molecule has 1 aliphatic rings. The van der Waals surface area contributed by atoms with Crippen molar-refractivity contribution < 1.29 is 4.79 Å². The van der Waals surface area contributed by atoms with Crippen LogP contribution in [0.25, 0.3) is 0 Å². The average molecular weight is 342 g/mol. The first-order chi connectivity index (χ1) is 11.7. The number of thioether (sulfide) groups is 1. The zero-order valence-corrected chi connectivity index (χ0v) is 14.2. The van der Waals surface area contributed by atoms with Crippen molar-refractivity contribution in [3.63, 3.8) is 0 Å². The monoisotopic (exact) mass is 342 g/mol. The molecule has 24 heavy (non-hydrogen) atoms. The number of tetrazole rings is 1. The number of carbonyl (C=O) groups excluding carboxylic acids is 1. The van der Waals surface area contributed by atoms with Crippen LogP contribution in [0.2, 0.25) is 0 Å². The maximum Gasteiger partial charge on any atom is 0.240 e. The molecule has 0 saturated heterocycles. The third kappa shape index (κ3) is 3.74. The van der Waals surface area contributed by atoms with Gasteiger partial charge in [0.2, 0.25) is 11.1 Å². The van der Waals surface area contributed by atoms with Crippen molar-refractivity contribution in [3.05, 3.63) is 30.3 Å². The molecule has 1 aromatic carbocycles. The summed E-state index contributed by atoms with van der Waals surface area (Å²) in [6.07, 6.45) is 2.45. The van der Waals surface area contributed by atoms with E-state index < -0.39 is 0 Å². The van der Waals surface area contributed by atoms with Crippen molar-refractivity contribution in [2.75, 3.05) is 11.4 Å². The van der Waals surface area contributed by atoms with Crippen molar-refractivity contribution in [1.82, 2.24) is 20.2 Å². The average Bonchev–Trinajstić information content (AvgIpc) is 3.35. The summed E-state index contributed by atoms with van der Waals surface area (Å²) in [6.45, 7) is 2.22. The largest absolute Gasteiger partial charge is 0.310 e. The molecule has 124 valence electrons. The van der Waals surface area contributed by atoms with Crippen LogP contribution in [0.3, 0.4) is 0 Å². The Morgan fingerprint density at radius 3 is 2.88 bits per heavy atom. The molecule has 0 N–H and O–H groups in total. The van der Waals surface area contributed by atoms with E-state index in [0.717, 1.165) is 18.5 Å². The molecule has 7 nitrogen and oxygen atoms in total. The van der Waals surface area contributed by atoms with E-state index in [0.29, 0.717) is 17.7 Å². The van der Waals surface area contributed by atoms with Gasteiger partial charge >= 0.3 is 0 Å². The van der Waals surface area contributed by atoms with E-state index in [2.05, 4.69) is 21.6 Å². The number of rotatable bonds is 7. The van der Waals surface area contributed by atoms with Gasteiger partial charge in [-0.2, -0.15) is 5.26 Å². The van der Waals surface area contributed by atoms with E-state index in [9.17, 15) is 4.79 Å². The van der Waals surface area contributed by atoms with Gasteiger partial charge < -0.3 is 4.90 Å². The van der Waals surface area contributed by atoms with Gasteiger partial charge in [-0.25, -0.2) is 4.68 Å². The van der Waals surface area contributed by atoms with Gasteiger partial charge in [-0.3, -0.25) is 4.79 Å². The van der Waals surface area contributed by atoms with Gasteiger partial charge in [0.05, 0.1) is 23.8 Å². The van der Waals surface area contributed by atoms with Crippen molar-refractivity contribution in [3.8, 4) is 6.07 Å². The summed E-state index contributed by atoms with van der Waals surface area (Å²) in [5, 5.41) is 21.0. The summed E-state index contributed by atoms with van der Waals surface area (Å²) < 4.78 is 1.80. The predicted molar refractivity (Wildman–Crippen MR) is 90.4 cm³/mol. The maximum atomic E-state index is 12.9. The Kier molecular flexibility index (Phi) is 5.11. The van der Waals surface area contributed by atoms with Gasteiger partial charge in [0, 0.05) is 12.2 Å². The van der Waals surface area contributed by atoms with Crippen molar-refractivity contribution in [1.29, 1.82) is 5.26 Å². The molecule has 2 aromatic rings. The molecule has 0 radical (unpaired) electrons. The first-order valence-corrected chi connectivity index (χ1v) is 8.76. The number of amides is 1. The minimum Gasteiger partial charge on any atom is -0.310 e. The molecule has 1 heterocycles. The SMILES string of the molecule is CC(Sc1nnnn1C1CC1)C(=O)N(CCC#N)c1ccccc1. The van der Waals surface area contributed by atoms with E-state index in [1.165, 1.54) is 11.8 Å². The minimum atomic E-state index is -0.340. The number of anilines is 1. The van der Waals surface area contributed by atoms with Crippen LogP contribution in [0, 0.1) is 11.3 Å². The van der Waals surface area contributed by atoms with Crippen LogP contribution in [0.15, 0.2) is 35.5 Å². The molecule has 8 heteroatoms. The fourth-order valence-corrected chi connectivity index (χ4v) is 3.30. The van der Waals surface area contributed by atoms with Crippen LogP contribution in [0.4, 0.5) is 5.69 Å². The highest BCUT2D eigenvalue weighted by Gasteiger charge is 2.30. The van der Waals surface area contributed by atoms with E-state index in [-0.39, 0.29) is 17.6 Å². The first-order valence-electron chi connectivity index (χ1n) is 7.88. The maximum absolute atomic E-state index is 12.9. The normalized spacial score (nSPS) is 14.8. The van der Waals surface area contributed by atoms with E-state index in [1.807, 2.05) is 37.3 Å². The topological polar surface area (TPSA) is 87.7 Å². The Morgan fingerprint density at radius 1 is 1.46 bits per heavy atom. The van der Waals surface area contributed by atoms with Crippen LogP contribution in [-0.2, 0) is 4.79 Å². The number of nitrogens with zero attached hydrogens (tertiary/aromatic N) is 6. The van der Waals surface area contributed by atoms with Gasteiger partial charge in [0.1, 0.15) is 0 Å². The van der Waals surface area contributed by atoms with Crippen LogP contribution < -0.4 is 4.90 Å². The van der Waals surface area contributed by atoms with Crippen molar-refractivity contribution >= 4 is 23.4 Å². The molecule has 1 amide bonds. The molecule has 0 spiro atoms. The standard InChI is InChI=1S/C16H18N6OS/c1-12(24-16-18-19-20-22(16)14-8-9-14)15(23)21(11-5-10-17)13-6-3-2-4-7-13/h2-4,6-7,12,14H,5,8-9,11H2,1H3. The third-order valence-corrected chi connectivity index (χ3v) is 4.80. The summed E-state index contributed by atoms with van der Waals surface area (Å²) in [5.41, 5.74) is 0.798. The van der Waals surface area contributed by atoms with Gasteiger partial charge in [0.25, 0.3) is 0 Å². The molecule has 1 aliphatic carbocycles. The number of nitriles is 1. The lowest BCUT2D eigenvalue weighted by Gasteiger charge is -2.24. The lowest BCUT2D eigenvalue weighted by Crippen LogP contribution is -2.37. The van der Waals surface area contributed by atoms with E-state index in [4.69, 9.17) is 5.26 Å². The highest BCUT2D eigenvalue weighted by Crippen LogP contribution is 2.37. The molecule has 1 fully saturated rings. The summed E-state index contributed by atoms with van der Waals surface area (Å²) in [4.78, 5) is 14.5. The highest BCUT2D eigenvalue weighted by atomic mass is 32.2. The second-order valence-electron chi connectivity index (χ2n) is 5.63. The molecule has 1 aromatic heterocycles. The number of hydrogen-bond acceptors (Lipinski definition) is 6. The van der Waals surface area contributed by atoms with Crippen LogP contribution in [-0.4, -0.2) is 37.9 Å². The molecular formula is C16H18N6OS. The summed E-state index contributed by atoms with van der Waals surface area (Å²) in [6, 6.07) is 11.9. The molecule has 3 rings (SSSR count). The fourth-order valence-electron chi connectivity index (χ4n) is 2.38. The summed E-state index contributed by atoms with van der Waals surface area (Å²) >= 11 is 1.36. The lowest BCUT2D eigenvalue weighted by atomic mass is 10.2. The van der Waals surface area contributed by atoms with E-state index in [1.54, 1.807) is 9.58 Å². The Balaban J connectivity index is 1.73. The van der Waals surface area contributed by atoms with Crippen LogP contribution >= 0.6 is 11.8 Å². The quantitative estimate of drug-likeness (QED) is 0.718. The first kappa shape index (κ1) is 16.5. The molecule has 1 unspecified atom stereocenters. The Morgan fingerprint density at radius 2 is 2.21 bits per heavy atom. The van der Waals surface area contributed by atoms with Crippen LogP contribution in [0.1, 0.15) is 32.2 Å². The number of carbonyl (C=O) groups is 1. The second-order valence-corrected chi connectivity index (χ2v) is 6.94. The van der Waals surface area contributed by atoms with Crippen molar-refractivity contribution in [2.24, 2.45) is 0 Å². The Bertz CT molecular complexity index is 737. The highest BCUT2D eigenvalue weighted by molar-refractivity contribution is 8.00. The smallest absolute Gasteiger partial charge is 0.240 e. The molecule has 1 atom stereocenters. The van der Waals surface area contributed by atoms with Gasteiger partial charge in [-0.05, 0) is 42.3 Å². The molecule has 0 bridgehead atoms. The third-order valence-electron chi connectivity index (χ3n) is 3.77. The van der Waals surface area contributed by atoms with Gasteiger partial charge in [-0.1, -0.05) is 30.0 Å². The Labute approximate surface area is 144 Å². The number of para-hydroxylation sites is 1. The minimum absolute atomic E-state index is 0.0493. The lowest BCUT2D eigenvalue weighted by molar-refractivity contribution is -0.117. The number of aromatic nitrogens is 4. The molecular weight excluding hydrogens is 324 g/mol. The fraction of sp³-hybridized carbons (Fsp3) is 0.438. The molecule has 0 aliphatic heterocycles. The molecule has 1 saturated carbocycles.